The molecule has 1 fully saturated rings. The molecule has 1 rings (SSSR count). The molecule has 1 amide bonds. The van der Waals surface area contributed by atoms with E-state index < -0.39 is 23.7 Å². The first-order valence-electron chi connectivity index (χ1n) is 6.52. The van der Waals surface area contributed by atoms with Gasteiger partial charge in [-0.05, 0) is 34.1 Å². The highest BCUT2D eigenvalue weighted by molar-refractivity contribution is 5.81. The molecule has 0 radical (unpaired) electrons. The van der Waals surface area contributed by atoms with E-state index in [1.54, 1.807) is 27.7 Å². The molecule has 0 spiro atoms. The quantitative estimate of drug-likeness (QED) is 0.785. The van der Waals surface area contributed by atoms with E-state index in [9.17, 15) is 9.59 Å². The summed E-state index contributed by atoms with van der Waals surface area (Å²) in [5, 5.41) is 2.44. The first kappa shape index (κ1) is 15.8. The summed E-state index contributed by atoms with van der Waals surface area (Å²) in [6, 6.07) is -0.725. The Morgan fingerprint density at radius 2 is 2.11 bits per heavy atom. The molecule has 0 aliphatic carbocycles. The second-order valence-corrected chi connectivity index (χ2v) is 5.73. The number of hydrogen-bond donors (Lipinski definition) is 1. The minimum atomic E-state index is -0.725. The molecule has 6 heteroatoms. The van der Waals surface area contributed by atoms with Crippen LogP contribution in [0.5, 0.6) is 0 Å². The zero-order valence-corrected chi connectivity index (χ0v) is 12.0. The molecule has 1 heterocycles. The Hall–Kier alpha value is -1.30. The molecular weight excluding hydrogens is 250 g/mol. The molecular formula is C13H23NO5. The standard InChI is InChI=1S/C13H23NO5/c1-9(14-12(16)19-13(2,3)4)11(15)18-8-10-5-6-17-7-10/h9-10H,5-8H2,1-4H3,(H,14,16)/t9-,10-/m0/s1. The van der Waals surface area contributed by atoms with E-state index in [1.165, 1.54) is 0 Å². The predicted molar refractivity (Wildman–Crippen MR) is 68.7 cm³/mol. The second kappa shape index (κ2) is 6.75. The summed E-state index contributed by atoms with van der Waals surface area (Å²) in [6.45, 7) is 8.52. The average molecular weight is 273 g/mol. The highest BCUT2D eigenvalue weighted by atomic mass is 16.6. The van der Waals surface area contributed by atoms with Gasteiger partial charge in [0.1, 0.15) is 11.6 Å². The van der Waals surface area contributed by atoms with Crippen molar-refractivity contribution in [2.45, 2.75) is 45.8 Å². The summed E-state index contributed by atoms with van der Waals surface area (Å²) in [4.78, 5) is 23.1. The molecule has 6 nitrogen and oxygen atoms in total. The molecule has 0 bridgehead atoms. The Labute approximate surface area is 113 Å². The summed E-state index contributed by atoms with van der Waals surface area (Å²) in [5.74, 6) is -0.199. The van der Waals surface area contributed by atoms with Crippen molar-refractivity contribution in [1.82, 2.24) is 5.32 Å². The van der Waals surface area contributed by atoms with Crippen LogP contribution in [0.1, 0.15) is 34.1 Å². The molecule has 0 aromatic carbocycles. The minimum absolute atomic E-state index is 0.262. The van der Waals surface area contributed by atoms with Crippen LogP contribution in [0.15, 0.2) is 0 Å². The van der Waals surface area contributed by atoms with Crippen LogP contribution >= 0.6 is 0 Å². The van der Waals surface area contributed by atoms with E-state index in [2.05, 4.69) is 5.32 Å². The molecule has 19 heavy (non-hydrogen) atoms. The lowest BCUT2D eigenvalue weighted by atomic mass is 10.1. The Balaban J connectivity index is 2.25. The number of rotatable bonds is 4. The van der Waals surface area contributed by atoms with Crippen LogP contribution in [0.25, 0.3) is 0 Å². The number of esters is 1. The molecule has 1 N–H and O–H groups in total. The zero-order chi connectivity index (χ0) is 14.5. The predicted octanol–water partition coefficient (Wildman–Crippen LogP) is 1.48. The van der Waals surface area contributed by atoms with Gasteiger partial charge >= 0.3 is 12.1 Å². The van der Waals surface area contributed by atoms with Gasteiger partial charge in [0.25, 0.3) is 0 Å². The fourth-order valence-corrected chi connectivity index (χ4v) is 1.58. The van der Waals surface area contributed by atoms with Crippen molar-refractivity contribution in [2.75, 3.05) is 19.8 Å². The Morgan fingerprint density at radius 1 is 1.42 bits per heavy atom. The lowest BCUT2D eigenvalue weighted by Crippen LogP contribution is -2.42. The van der Waals surface area contributed by atoms with Crippen molar-refractivity contribution in [1.29, 1.82) is 0 Å². The summed E-state index contributed by atoms with van der Waals surface area (Å²) >= 11 is 0. The van der Waals surface area contributed by atoms with Gasteiger partial charge in [0.05, 0.1) is 13.2 Å². The lowest BCUT2D eigenvalue weighted by Gasteiger charge is -2.21. The van der Waals surface area contributed by atoms with Crippen LogP contribution in [0.4, 0.5) is 4.79 Å². The largest absolute Gasteiger partial charge is 0.464 e. The molecule has 2 atom stereocenters. The Bertz CT molecular complexity index is 317. The van der Waals surface area contributed by atoms with Gasteiger partial charge in [0.15, 0.2) is 0 Å². The molecule has 1 aliphatic rings. The van der Waals surface area contributed by atoms with E-state index >= 15 is 0 Å². The number of carbonyl (C=O) groups excluding carboxylic acids is 2. The topological polar surface area (TPSA) is 73.9 Å². The highest BCUT2D eigenvalue weighted by Crippen LogP contribution is 2.12. The summed E-state index contributed by atoms with van der Waals surface area (Å²) in [6.07, 6.45) is 0.280. The molecule has 0 aromatic heterocycles. The van der Waals surface area contributed by atoms with E-state index in [0.29, 0.717) is 19.8 Å². The number of amides is 1. The molecule has 0 aromatic rings. The first-order valence-corrected chi connectivity index (χ1v) is 6.52. The molecule has 0 saturated carbocycles. The van der Waals surface area contributed by atoms with Gasteiger partial charge < -0.3 is 19.5 Å². The van der Waals surface area contributed by atoms with Gasteiger partial charge in [-0.15, -0.1) is 0 Å². The van der Waals surface area contributed by atoms with Gasteiger partial charge in [0.2, 0.25) is 0 Å². The normalized spacial score (nSPS) is 20.7. The number of ether oxygens (including phenoxy) is 3. The lowest BCUT2D eigenvalue weighted by molar-refractivity contribution is -0.147. The summed E-state index contributed by atoms with van der Waals surface area (Å²) in [7, 11) is 0. The second-order valence-electron chi connectivity index (χ2n) is 5.73. The maximum atomic E-state index is 11.7. The van der Waals surface area contributed by atoms with Crippen molar-refractivity contribution < 1.29 is 23.8 Å². The Morgan fingerprint density at radius 3 is 2.63 bits per heavy atom. The third kappa shape index (κ3) is 6.42. The van der Waals surface area contributed by atoms with Gasteiger partial charge in [0, 0.05) is 12.5 Å². The third-order valence-corrected chi connectivity index (χ3v) is 2.57. The number of carbonyl (C=O) groups is 2. The maximum Gasteiger partial charge on any atom is 0.408 e. The van der Waals surface area contributed by atoms with Crippen molar-refractivity contribution in [2.24, 2.45) is 5.92 Å². The number of nitrogens with one attached hydrogen (secondary N) is 1. The molecule has 1 saturated heterocycles. The van der Waals surface area contributed by atoms with E-state index in [1.807, 2.05) is 0 Å². The molecule has 110 valence electrons. The van der Waals surface area contributed by atoms with E-state index in [0.717, 1.165) is 6.42 Å². The maximum absolute atomic E-state index is 11.7. The number of hydrogen-bond acceptors (Lipinski definition) is 5. The van der Waals surface area contributed by atoms with Crippen molar-refractivity contribution in [3.8, 4) is 0 Å². The fourth-order valence-electron chi connectivity index (χ4n) is 1.58. The van der Waals surface area contributed by atoms with Gasteiger partial charge in [-0.2, -0.15) is 0 Å². The SMILES string of the molecule is C[C@H](NC(=O)OC(C)(C)C)C(=O)OC[C@H]1CCOC1. The van der Waals surface area contributed by atoms with Gasteiger partial charge in [-0.3, -0.25) is 0 Å². The van der Waals surface area contributed by atoms with Crippen LogP contribution in [-0.4, -0.2) is 43.5 Å². The van der Waals surface area contributed by atoms with Crippen LogP contribution in [0, 0.1) is 5.92 Å². The minimum Gasteiger partial charge on any atom is -0.464 e. The van der Waals surface area contributed by atoms with Crippen LogP contribution in [0.2, 0.25) is 0 Å². The van der Waals surface area contributed by atoms with E-state index in [4.69, 9.17) is 14.2 Å². The highest BCUT2D eigenvalue weighted by Gasteiger charge is 2.23. The van der Waals surface area contributed by atoms with Gasteiger partial charge in [-0.1, -0.05) is 0 Å². The molecule has 1 aliphatic heterocycles. The Kier molecular flexibility index (Phi) is 5.60. The van der Waals surface area contributed by atoms with Crippen molar-refractivity contribution >= 4 is 12.1 Å². The van der Waals surface area contributed by atoms with Crippen LogP contribution in [-0.2, 0) is 19.0 Å². The summed E-state index contributed by atoms with van der Waals surface area (Å²) in [5.41, 5.74) is -0.588. The fraction of sp³-hybridized carbons (Fsp3) is 0.846. The first-order chi connectivity index (χ1) is 8.78. The zero-order valence-electron chi connectivity index (χ0n) is 12.0. The van der Waals surface area contributed by atoms with Crippen molar-refractivity contribution in [3.63, 3.8) is 0 Å². The molecule has 0 unspecified atom stereocenters. The number of alkyl carbamates (subject to hydrolysis) is 1. The third-order valence-electron chi connectivity index (χ3n) is 2.57. The van der Waals surface area contributed by atoms with E-state index in [-0.39, 0.29) is 5.92 Å². The smallest absolute Gasteiger partial charge is 0.408 e. The monoisotopic (exact) mass is 273 g/mol. The van der Waals surface area contributed by atoms with Crippen LogP contribution in [0.3, 0.4) is 0 Å². The average Bonchev–Trinajstić information content (AvgIpc) is 2.75. The van der Waals surface area contributed by atoms with Crippen molar-refractivity contribution in [3.05, 3.63) is 0 Å². The summed E-state index contributed by atoms with van der Waals surface area (Å²) < 4.78 is 15.4. The van der Waals surface area contributed by atoms with Gasteiger partial charge in [-0.25, -0.2) is 9.59 Å². The van der Waals surface area contributed by atoms with Crippen LogP contribution < -0.4 is 5.32 Å².